The summed E-state index contributed by atoms with van der Waals surface area (Å²) in [6, 6.07) is 16.2. The quantitative estimate of drug-likeness (QED) is 0.154. The lowest BCUT2D eigenvalue weighted by molar-refractivity contribution is -0.139. The first-order valence-corrected chi connectivity index (χ1v) is 19.2. The van der Waals surface area contributed by atoms with Crippen LogP contribution < -0.4 is 4.74 Å². The van der Waals surface area contributed by atoms with Crippen LogP contribution in [0.1, 0.15) is 93.5 Å². The Labute approximate surface area is 341 Å². The number of hydrogen-bond acceptors (Lipinski definition) is 7. The van der Waals surface area contributed by atoms with Crippen LogP contribution in [0.5, 0.6) is 5.75 Å². The maximum absolute atomic E-state index is 13.3. The highest BCUT2D eigenvalue weighted by molar-refractivity contribution is 5.92. The molecule has 0 aliphatic carbocycles. The molecule has 322 valence electrons. The van der Waals surface area contributed by atoms with Crippen LogP contribution in [0.4, 0.5) is 39.5 Å². The summed E-state index contributed by atoms with van der Waals surface area (Å²) >= 11 is 0. The number of alkyl halides is 9. The number of carbonyl (C=O) groups excluding carboxylic acids is 2. The van der Waals surface area contributed by atoms with Crippen LogP contribution in [0.3, 0.4) is 0 Å². The van der Waals surface area contributed by atoms with Crippen molar-refractivity contribution in [2.75, 3.05) is 32.8 Å². The molecule has 0 unspecified atom stereocenters. The summed E-state index contributed by atoms with van der Waals surface area (Å²) in [7, 11) is 0. The number of pyridine rings is 2. The van der Waals surface area contributed by atoms with Crippen LogP contribution in [0, 0.1) is 0 Å². The van der Waals surface area contributed by atoms with E-state index in [4.69, 9.17) is 4.74 Å². The molecule has 6 aromatic rings. The van der Waals surface area contributed by atoms with Gasteiger partial charge in [-0.3, -0.25) is 18.4 Å². The van der Waals surface area contributed by atoms with Gasteiger partial charge >= 0.3 is 18.5 Å². The van der Waals surface area contributed by atoms with Gasteiger partial charge in [-0.05, 0) is 92.0 Å². The van der Waals surface area contributed by atoms with Crippen molar-refractivity contribution in [3.63, 3.8) is 0 Å². The van der Waals surface area contributed by atoms with Crippen LogP contribution in [0.25, 0.3) is 11.3 Å². The van der Waals surface area contributed by atoms with Gasteiger partial charge in [-0.2, -0.15) is 39.5 Å². The molecule has 2 amide bonds. The lowest BCUT2D eigenvalue weighted by atomic mass is 9.86. The number of amides is 2. The molecule has 0 N–H and O–H groups in total. The fourth-order valence-corrected chi connectivity index (χ4v) is 7.77. The van der Waals surface area contributed by atoms with Crippen molar-refractivity contribution >= 4 is 23.1 Å². The summed E-state index contributed by atoms with van der Waals surface area (Å²) in [5.41, 5.74) is -1.27. The minimum atomic E-state index is -4.55. The molecule has 61 heavy (non-hydrogen) atoms. The van der Waals surface area contributed by atoms with Gasteiger partial charge in [-0.25, -0.2) is 0 Å². The molecule has 6 heterocycles. The second-order valence-corrected chi connectivity index (χ2v) is 14.5. The smallest absolute Gasteiger partial charge is 0.416 e. The van der Waals surface area contributed by atoms with E-state index in [0.717, 1.165) is 30.5 Å². The van der Waals surface area contributed by atoms with Crippen molar-refractivity contribution in [3.05, 3.63) is 125 Å². The average molecular weight is 861 g/mol. The second kappa shape index (κ2) is 17.0. The molecular formula is C41H37F9N8O3. The number of benzene rings is 2. The normalized spacial score (nSPS) is 15.8. The van der Waals surface area contributed by atoms with Gasteiger partial charge in [-0.1, -0.05) is 36.4 Å². The first-order valence-electron chi connectivity index (χ1n) is 19.2. The van der Waals surface area contributed by atoms with E-state index in [2.05, 4.69) is 20.4 Å². The zero-order valence-corrected chi connectivity index (χ0v) is 32.3. The van der Waals surface area contributed by atoms with Gasteiger partial charge in [0.05, 0.1) is 29.5 Å². The van der Waals surface area contributed by atoms with E-state index in [0.29, 0.717) is 62.3 Å². The summed E-state index contributed by atoms with van der Waals surface area (Å²) < 4.78 is 127. The molecule has 2 aromatic carbocycles. The van der Waals surface area contributed by atoms with Gasteiger partial charge in [0.1, 0.15) is 5.75 Å². The molecule has 0 saturated carbocycles. The first kappa shape index (κ1) is 42.9. The molecule has 20 heteroatoms. The summed E-state index contributed by atoms with van der Waals surface area (Å²) in [5, 5.41) is 15.4. The highest BCUT2D eigenvalue weighted by Crippen LogP contribution is 2.40. The van der Waals surface area contributed by atoms with E-state index in [-0.39, 0.29) is 53.7 Å². The van der Waals surface area contributed by atoms with Crippen LogP contribution in [-0.2, 0) is 18.5 Å². The molecule has 2 fully saturated rings. The lowest BCUT2D eigenvalue weighted by Crippen LogP contribution is -2.39. The number of rotatable bonds is 6. The second-order valence-electron chi connectivity index (χ2n) is 14.5. The highest BCUT2D eigenvalue weighted by Gasteiger charge is 2.38. The zero-order valence-electron chi connectivity index (χ0n) is 32.3. The molecule has 0 bridgehead atoms. The number of aromatic nitrogens is 6. The lowest BCUT2D eigenvalue weighted by Gasteiger charge is -2.32. The van der Waals surface area contributed by atoms with Gasteiger partial charge in [0, 0.05) is 32.4 Å². The molecule has 11 nitrogen and oxygen atoms in total. The van der Waals surface area contributed by atoms with E-state index >= 15 is 0 Å². The monoisotopic (exact) mass is 860 g/mol. The maximum Gasteiger partial charge on any atom is 0.416 e. The number of carbonyl (C=O) groups is 2. The molecular weight excluding hydrogens is 823 g/mol. The van der Waals surface area contributed by atoms with Crippen molar-refractivity contribution < 1.29 is 53.8 Å². The van der Waals surface area contributed by atoms with Gasteiger partial charge < -0.3 is 14.5 Å². The Morgan fingerprint density at radius 2 is 1.08 bits per heavy atom. The third-order valence-electron chi connectivity index (χ3n) is 10.8. The fourth-order valence-electron chi connectivity index (χ4n) is 7.77. The van der Waals surface area contributed by atoms with Gasteiger partial charge in [0.25, 0.3) is 11.8 Å². The van der Waals surface area contributed by atoms with E-state index in [9.17, 15) is 49.1 Å². The molecule has 2 aliphatic rings. The van der Waals surface area contributed by atoms with Gasteiger partial charge in [0.2, 0.25) is 11.6 Å². The fraction of sp³-hybridized carbons (Fsp3) is 0.366. The van der Waals surface area contributed by atoms with Crippen molar-refractivity contribution in [1.29, 1.82) is 0 Å². The van der Waals surface area contributed by atoms with Crippen LogP contribution in [-0.4, -0.2) is 83.6 Å². The minimum Gasteiger partial charge on any atom is -0.492 e. The standard InChI is InChI=1S/C21H21F3N4O2.C20H16F6N4O/c1-2-30-15-7-8-18-25-26-19(28(18)13-15)20(29)27-11-9-14(10-12-27)16-5-3-4-6-17(16)21(22,23)24;21-19(22,23)13-7-10-30-16(11-13)27-28-17(30)18(31)29-8-5-12(6-9-29)14-3-1-2-4-15(14)20(24,25)26/h3-8,13-14H,2,9-12H2,1H3;1-4,7,10-12H,5-6,8-9H2. The molecule has 0 radical (unpaired) electrons. The van der Waals surface area contributed by atoms with Crippen molar-refractivity contribution in [2.24, 2.45) is 0 Å². The van der Waals surface area contributed by atoms with Crippen molar-refractivity contribution in [3.8, 4) is 5.75 Å². The summed E-state index contributed by atoms with van der Waals surface area (Å²) in [4.78, 5) is 28.9. The summed E-state index contributed by atoms with van der Waals surface area (Å²) in [5.74, 6) is -0.800. The third-order valence-corrected chi connectivity index (χ3v) is 10.8. The number of piperidine rings is 2. The average Bonchev–Trinajstić information content (AvgIpc) is 3.87. The number of hydrogen-bond donors (Lipinski definition) is 0. The summed E-state index contributed by atoms with van der Waals surface area (Å²) in [6.45, 7) is 3.47. The molecule has 0 atom stereocenters. The predicted octanol–water partition coefficient (Wildman–Crippen LogP) is 8.95. The number of nitrogens with zero attached hydrogens (tertiary/aromatic N) is 8. The minimum absolute atomic E-state index is 0.118. The Morgan fingerprint density at radius 1 is 0.607 bits per heavy atom. The van der Waals surface area contributed by atoms with E-state index in [1.165, 1.54) is 33.6 Å². The molecule has 2 saturated heterocycles. The maximum atomic E-state index is 13.3. The van der Waals surface area contributed by atoms with Crippen LogP contribution in [0.15, 0.2) is 85.2 Å². The predicted molar refractivity (Wildman–Crippen MR) is 201 cm³/mol. The summed E-state index contributed by atoms with van der Waals surface area (Å²) in [6.07, 6.45) is -9.08. The Balaban J connectivity index is 0.000000184. The van der Waals surface area contributed by atoms with E-state index in [1.807, 2.05) is 6.92 Å². The largest absolute Gasteiger partial charge is 0.492 e. The molecule has 2 aliphatic heterocycles. The number of halogens is 9. The van der Waals surface area contributed by atoms with Crippen LogP contribution in [0.2, 0.25) is 0 Å². The third kappa shape index (κ3) is 9.26. The Bertz CT molecular complexity index is 2520. The number of likely N-dealkylation sites (tertiary alicyclic amines) is 2. The molecule has 4 aromatic heterocycles. The van der Waals surface area contributed by atoms with E-state index in [1.54, 1.807) is 39.8 Å². The van der Waals surface area contributed by atoms with Crippen molar-refractivity contribution in [1.82, 2.24) is 39.0 Å². The van der Waals surface area contributed by atoms with E-state index < -0.39 is 41.1 Å². The molecule has 0 spiro atoms. The molecule has 8 rings (SSSR count). The Kier molecular flexibility index (Phi) is 12.0. The van der Waals surface area contributed by atoms with Crippen LogP contribution >= 0.6 is 0 Å². The Morgan fingerprint density at radius 3 is 1.56 bits per heavy atom. The SMILES string of the molecule is CCOc1ccc2nnc(C(=O)N3CCC(c4ccccc4C(F)(F)F)CC3)n2c1.O=C(c1nnc2cc(C(F)(F)F)ccn12)N1CCC(c2ccccc2C(F)(F)F)CC1. The van der Waals surface area contributed by atoms with Gasteiger partial charge in [0.15, 0.2) is 11.3 Å². The van der Waals surface area contributed by atoms with Gasteiger partial charge in [-0.15, -0.1) is 20.4 Å². The highest BCUT2D eigenvalue weighted by atomic mass is 19.4. The zero-order chi connectivity index (χ0) is 43.7. The Hall–Kier alpha value is -6.21. The van der Waals surface area contributed by atoms with Crippen molar-refractivity contribution in [2.45, 2.75) is 63.0 Å². The topological polar surface area (TPSA) is 110 Å². The number of ether oxygens (including phenoxy) is 1. The number of fused-ring (bicyclic) bond motifs is 2. The first-order chi connectivity index (χ1) is 28.9.